The van der Waals surface area contributed by atoms with Crippen molar-refractivity contribution >= 4 is 17.5 Å². The Morgan fingerprint density at radius 1 is 1.09 bits per heavy atom. The minimum absolute atomic E-state index is 0.0734. The summed E-state index contributed by atoms with van der Waals surface area (Å²) in [6, 6.07) is 7.71. The van der Waals surface area contributed by atoms with E-state index in [0.717, 1.165) is 24.1 Å². The van der Waals surface area contributed by atoms with E-state index in [9.17, 15) is 9.59 Å². The first-order chi connectivity index (χ1) is 10.5. The number of anilines is 1. The minimum atomic E-state index is -0.358. The molecule has 2 fully saturated rings. The number of nitrogens with two attached hydrogens (primary N) is 1. The first kappa shape index (κ1) is 13.6. The van der Waals surface area contributed by atoms with Gasteiger partial charge in [-0.25, -0.2) is 0 Å². The van der Waals surface area contributed by atoms with Crippen LogP contribution in [0.15, 0.2) is 36.4 Å². The summed E-state index contributed by atoms with van der Waals surface area (Å²) < 4.78 is 0. The number of carbonyl (C=O) groups excluding carboxylic acids is 2. The van der Waals surface area contributed by atoms with Crippen LogP contribution < -0.4 is 11.1 Å². The molecule has 0 aliphatic heterocycles. The molecule has 4 heteroatoms. The minimum Gasteiger partial charge on any atom is -0.369 e. The van der Waals surface area contributed by atoms with Crippen LogP contribution in [0.25, 0.3) is 0 Å². The zero-order valence-corrected chi connectivity index (χ0v) is 12.6. The van der Waals surface area contributed by atoms with Gasteiger partial charge in [-0.1, -0.05) is 29.8 Å². The third kappa shape index (κ3) is 1.76. The Hall–Kier alpha value is -2.10. The van der Waals surface area contributed by atoms with Crippen LogP contribution in [-0.4, -0.2) is 11.8 Å². The number of amides is 2. The third-order valence-corrected chi connectivity index (χ3v) is 5.79. The number of nitrogens with one attached hydrogen (secondary N) is 1. The second kappa shape index (κ2) is 4.45. The highest BCUT2D eigenvalue weighted by Gasteiger charge is 2.69. The van der Waals surface area contributed by atoms with Crippen LogP contribution in [0.1, 0.15) is 18.4 Å². The fraction of sp³-hybridized carbons (Fsp3) is 0.444. The molecule has 2 saturated carbocycles. The van der Waals surface area contributed by atoms with Crippen LogP contribution in [0, 0.1) is 36.0 Å². The molecule has 3 N–H and O–H groups in total. The van der Waals surface area contributed by atoms with Gasteiger partial charge in [0.2, 0.25) is 11.8 Å². The van der Waals surface area contributed by atoms with E-state index in [-0.39, 0.29) is 40.9 Å². The number of allylic oxidation sites excluding steroid dienone is 2. The van der Waals surface area contributed by atoms with Crippen molar-refractivity contribution in [2.45, 2.75) is 19.8 Å². The van der Waals surface area contributed by atoms with Gasteiger partial charge in [-0.2, -0.15) is 0 Å². The van der Waals surface area contributed by atoms with Crippen molar-refractivity contribution in [1.82, 2.24) is 0 Å². The van der Waals surface area contributed by atoms with Gasteiger partial charge in [-0.3, -0.25) is 9.59 Å². The van der Waals surface area contributed by atoms with Crippen molar-refractivity contribution in [2.24, 2.45) is 34.8 Å². The average Bonchev–Trinajstić information content (AvgIpc) is 3.15. The first-order valence-electron chi connectivity index (χ1n) is 7.88. The maximum Gasteiger partial charge on any atom is 0.228 e. The molecule has 4 unspecified atom stereocenters. The molecule has 0 aromatic heterocycles. The van der Waals surface area contributed by atoms with Gasteiger partial charge >= 0.3 is 0 Å². The summed E-state index contributed by atoms with van der Waals surface area (Å²) in [5.41, 5.74) is 7.69. The highest BCUT2D eigenvalue weighted by atomic mass is 16.2. The fourth-order valence-electron chi connectivity index (χ4n) is 4.60. The van der Waals surface area contributed by atoms with Crippen molar-refractivity contribution in [2.75, 3.05) is 5.32 Å². The van der Waals surface area contributed by atoms with Gasteiger partial charge in [-0.15, -0.1) is 0 Å². The summed E-state index contributed by atoms with van der Waals surface area (Å²) in [5, 5.41) is 2.97. The van der Waals surface area contributed by atoms with Gasteiger partial charge in [-0.05, 0) is 49.1 Å². The molecular formula is C18H20N2O2. The molecule has 0 heterocycles. The molecule has 0 saturated heterocycles. The molecule has 2 amide bonds. The largest absolute Gasteiger partial charge is 0.369 e. The Balaban J connectivity index is 1.60. The zero-order chi connectivity index (χ0) is 15.5. The third-order valence-electron chi connectivity index (χ3n) is 5.79. The molecular weight excluding hydrogens is 276 g/mol. The number of aryl methyl sites for hydroxylation is 1. The number of hydrogen-bond donors (Lipinski definition) is 2. The molecule has 22 heavy (non-hydrogen) atoms. The number of carbonyl (C=O) groups is 2. The molecule has 4 rings (SSSR count). The van der Waals surface area contributed by atoms with E-state index in [1.54, 1.807) is 0 Å². The van der Waals surface area contributed by atoms with Crippen molar-refractivity contribution in [3.05, 3.63) is 42.0 Å². The monoisotopic (exact) mass is 296 g/mol. The van der Waals surface area contributed by atoms with Crippen molar-refractivity contribution in [1.29, 1.82) is 0 Å². The van der Waals surface area contributed by atoms with Gasteiger partial charge < -0.3 is 11.1 Å². The van der Waals surface area contributed by atoms with Crippen LogP contribution in [-0.2, 0) is 9.59 Å². The molecule has 4 atom stereocenters. The Bertz CT molecular complexity index is 673. The lowest BCUT2D eigenvalue weighted by Gasteiger charge is -2.24. The van der Waals surface area contributed by atoms with E-state index < -0.39 is 0 Å². The quantitative estimate of drug-likeness (QED) is 0.840. The first-order valence-corrected chi connectivity index (χ1v) is 7.88. The molecule has 4 nitrogen and oxygen atoms in total. The SMILES string of the molecule is Cc1ccc(NC(=O)C2C(C(N)=O)C3C=CC2C32CC2)cc1. The number of hydrogen-bond acceptors (Lipinski definition) is 2. The van der Waals surface area contributed by atoms with Crippen LogP contribution in [0.2, 0.25) is 0 Å². The fourth-order valence-corrected chi connectivity index (χ4v) is 4.60. The molecule has 1 aromatic rings. The Morgan fingerprint density at radius 2 is 1.68 bits per heavy atom. The van der Waals surface area contributed by atoms with Crippen molar-refractivity contribution in [3.63, 3.8) is 0 Å². The number of primary amides is 1. The van der Waals surface area contributed by atoms with E-state index >= 15 is 0 Å². The van der Waals surface area contributed by atoms with Gasteiger partial charge in [0.1, 0.15) is 0 Å². The Morgan fingerprint density at radius 3 is 2.23 bits per heavy atom. The van der Waals surface area contributed by atoms with Gasteiger partial charge in [0.05, 0.1) is 11.8 Å². The molecule has 3 aliphatic carbocycles. The number of rotatable bonds is 3. The van der Waals surface area contributed by atoms with Gasteiger partial charge in [0, 0.05) is 5.69 Å². The predicted molar refractivity (Wildman–Crippen MR) is 83.8 cm³/mol. The van der Waals surface area contributed by atoms with Crippen LogP contribution in [0.3, 0.4) is 0 Å². The number of benzene rings is 1. The molecule has 1 spiro atoms. The van der Waals surface area contributed by atoms with Crippen LogP contribution >= 0.6 is 0 Å². The highest BCUT2D eigenvalue weighted by Crippen LogP contribution is 2.71. The standard InChI is InChI=1S/C18H20N2O2/c1-10-2-4-11(5-3-10)20-17(22)15-13-7-6-12(14(15)16(19)21)18(13)8-9-18/h2-7,12-15H,8-9H2,1H3,(H2,19,21)(H,20,22). The maximum atomic E-state index is 12.8. The summed E-state index contributed by atoms with van der Waals surface area (Å²) in [4.78, 5) is 24.7. The van der Waals surface area contributed by atoms with E-state index in [2.05, 4.69) is 17.5 Å². The second-order valence-electron chi connectivity index (χ2n) is 6.98. The van der Waals surface area contributed by atoms with Crippen LogP contribution in [0.5, 0.6) is 0 Å². The van der Waals surface area contributed by atoms with Crippen LogP contribution in [0.4, 0.5) is 5.69 Å². The lowest BCUT2D eigenvalue weighted by Crippen LogP contribution is -2.39. The summed E-state index contributed by atoms with van der Waals surface area (Å²) in [6.45, 7) is 2.01. The molecule has 0 radical (unpaired) electrons. The second-order valence-corrected chi connectivity index (χ2v) is 6.98. The Labute approximate surface area is 129 Å². The predicted octanol–water partition coefficient (Wildman–Crippen LogP) is 2.25. The zero-order valence-electron chi connectivity index (χ0n) is 12.6. The van der Waals surface area contributed by atoms with E-state index in [1.807, 2.05) is 31.2 Å². The molecule has 114 valence electrons. The highest BCUT2D eigenvalue weighted by molar-refractivity contribution is 5.97. The summed E-state index contributed by atoms with van der Waals surface area (Å²) in [6.07, 6.45) is 6.46. The smallest absolute Gasteiger partial charge is 0.228 e. The molecule has 1 aromatic carbocycles. The topological polar surface area (TPSA) is 72.2 Å². The lowest BCUT2D eigenvalue weighted by atomic mass is 9.82. The molecule has 2 bridgehead atoms. The lowest BCUT2D eigenvalue weighted by molar-refractivity contribution is -0.130. The van der Waals surface area contributed by atoms with Crippen molar-refractivity contribution in [3.8, 4) is 0 Å². The normalized spacial score (nSPS) is 33.1. The molecule has 3 aliphatic rings. The van der Waals surface area contributed by atoms with E-state index in [4.69, 9.17) is 5.73 Å². The Kier molecular flexibility index (Phi) is 2.74. The summed E-state index contributed by atoms with van der Waals surface area (Å²) >= 11 is 0. The van der Waals surface area contributed by atoms with Gasteiger partial charge in [0.25, 0.3) is 0 Å². The van der Waals surface area contributed by atoms with Crippen molar-refractivity contribution < 1.29 is 9.59 Å². The van der Waals surface area contributed by atoms with E-state index in [1.165, 1.54) is 0 Å². The average molecular weight is 296 g/mol. The van der Waals surface area contributed by atoms with Gasteiger partial charge in [0.15, 0.2) is 0 Å². The summed E-state index contributed by atoms with van der Waals surface area (Å²) in [7, 11) is 0. The van der Waals surface area contributed by atoms with E-state index in [0.29, 0.717) is 0 Å². The maximum absolute atomic E-state index is 12.8. The summed E-state index contributed by atoms with van der Waals surface area (Å²) in [5.74, 6) is -0.772.